The molecule has 5 nitrogen and oxygen atoms in total. The number of hydrogen-bond acceptors (Lipinski definition) is 3. The van der Waals surface area contributed by atoms with E-state index in [1.165, 1.54) is 0 Å². The van der Waals surface area contributed by atoms with Gasteiger partial charge in [-0.25, -0.2) is 4.79 Å². The van der Waals surface area contributed by atoms with Crippen LogP contribution in [0.25, 0.3) is 0 Å². The van der Waals surface area contributed by atoms with Gasteiger partial charge in [0.25, 0.3) is 0 Å². The molecule has 0 atom stereocenters. The van der Waals surface area contributed by atoms with Gasteiger partial charge in [0, 0.05) is 0 Å². The lowest BCUT2D eigenvalue weighted by Crippen LogP contribution is -2.17. The molecule has 0 aliphatic heterocycles. The Balaban J connectivity index is 3.16. The molecule has 1 heterocycles. The number of rotatable bonds is 1. The van der Waals surface area contributed by atoms with E-state index in [-0.39, 0.29) is 0 Å². The molecule has 0 unspecified atom stereocenters. The van der Waals surface area contributed by atoms with Crippen molar-refractivity contribution in [3.63, 3.8) is 0 Å². The standard InChI is InChI=1S/C3H4BrN3O2/c4-2-5-3(9)7(1-8)6-2/h8H,1H2,(H,5,6,9). The van der Waals surface area contributed by atoms with Crippen LogP contribution in [0.4, 0.5) is 0 Å². The number of hydrogen-bond donors (Lipinski definition) is 2. The first-order valence-corrected chi connectivity index (χ1v) is 2.97. The topological polar surface area (TPSA) is 70.9 Å². The van der Waals surface area contributed by atoms with E-state index in [2.05, 4.69) is 26.0 Å². The summed E-state index contributed by atoms with van der Waals surface area (Å²) in [6.07, 6.45) is 0. The van der Waals surface area contributed by atoms with Crippen LogP contribution in [0.2, 0.25) is 0 Å². The molecule has 1 aromatic heterocycles. The molecule has 0 saturated carbocycles. The number of aliphatic hydroxyl groups excluding tert-OH is 1. The normalized spacial score (nSPS) is 10.0. The maximum atomic E-state index is 10.5. The first kappa shape index (κ1) is 6.50. The SMILES string of the molecule is O=c1[nH]c(Br)nn1CO. The Morgan fingerprint density at radius 2 is 2.56 bits per heavy atom. The van der Waals surface area contributed by atoms with Gasteiger partial charge in [0.05, 0.1) is 0 Å². The van der Waals surface area contributed by atoms with Crippen LogP contribution < -0.4 is 5.69 Å². The number of nitrogens with zero attached hydrogens (tertiary/aromatic N) is 2. The lowest BCUT2D eigenvalue weighted by Gasteiger charge is -1.84. The minimum Gasteiger partial charge on any atom is -0.374 e. The average Bonchev–Trinajstić information content (AvgIpc) is 2.10. The van der Waals surface area contributed by atoms with E-state index in [4.69, 9.17) is 5.11 Å². The lowest BCUT2D eigenvalue weighted by molar-refractivity contribution is 0.190. The molecule has 2 N–H and O–H groups in total. The van der Waals surface area contributed by atoms with Crippen molar-refractivity contribution in [2.45, 2.75) is 6.73 Å². The van der Waals surface area contributed by atoms with E-state index >= 15 is 0 Å². The second-order valence-electron chi connectivity index (χ2n) is 1.36. The average molecular weight is 194 g/mol. The molecular weight excluding hydrogens is 190 g/mol. The number of aromatic amines is 1. The maximum absolute atomic E-state index is 10.5. The summed E-state index contributed by atoms with van der Waals surface area (Å²) in [5, 5.41) is 11.9. The lowest BCUT2D eigenvalue weighted by atomic mass is 11.1. The molecule has 0 aliphatic carbocycles. The number of halogens is 1. The Bertz CT molecular complexity index is 252. The number of nitrogens with one attached hydrogen (secondary N) is 1. The summed E-state index contributed by atoms with van der Waals surface area (Å²) in [7, 11) is 0. The zero-order valence-electron chi connectivity index (χ0n) is 4.33. The largest absolute Gasteiger partial charge is 0.374 e. The van der Waals surface area contributed by atoms with Gasteiger partial charge in [0.1, 0.15) is 6.73 Å². The van der Waals surface area contributed by atoms with Gasteiger partial charge in [-0.2, -0.15) is 4.68 Å². The van der Waals surface area contributed by atoms with E-state index in [0.717, 1.165) is 4.68 Å². The fourth-order valence-electron chi connectivity index (χ4n) is 0.425. The first-order valence-electron chi connectivity index (χ1n) is 2.17. The molecule has 0 bridgehead atoms. The van der Waals surface area contributed by atoms with E-state index in [0.29, 0.717) is 4.73 Å². The Labute approximate surface area is 58.4 Å². The van der Waals surface area contributed by atoms with Crippen molar-refractivity contribution in [3.05, 3.63) is 15.2 Å². The Hall–Kier alpha value is -0.620. The molecule has 1 aromatic rings. The van der Waals surface area contributed by atoms with E-state index in [1.807, 2.05) is 0 Å². The molecule has 0 aliphatic rings. The van der Waals surface area contributed by atoms with Gasteiger partial charge in [-0.05, 0) is 15.9 Å². The minimum atomic E-state index is -0.427. The molecule has 0 amide bonds. The van der Waals surface area contributed by atoms with Gasteiger partial charge in [-0.1, -0.05) is 0 Å². The van der Waals surface area contributed by atoms with Gasteiger partial charge in [-0.3, -0.25) is 4.98 Å². The Morgan fingerprint density at radius 1 is 1.89 bits per heavy atom. The van der Waals surface area contributed by atoms with Crippen LogP contribution in [0.15, 0.2) is 9.53 Å². The fraction of sp³-hybridized carbons (Fsp3) is 0.333. The predicted molar refractivity (Wildman–Crippen MR) is 32.8 cm³/mol. The highest BCUT2D eigenvalue weighted by Crippen LogP contribution is 1.93. The Kier molecular flexibility index (Phi) is 1.68. The summed E-state index contributed by atoms with van der Waals surface area (Å²) in [6, 6.07) is 0. The summed E-state index contributed by atoms with van der Waals surface area (Å²) in [5.74, 6) is 0. The molecule has 0 aromatic carbocycles. The highest BCUT2D eigenvalue weighted by molar-refractivity contribution is 9.10. The van der Waals surface area contributed by atoms with Gasteiger partial charge < -0.3 is 5.11 Å². The molecule has 0 saturated heterocycles. The molecule has 6 heteroatoms. The zero-order valence-corrected chi connectivity index (χ0v) is 5.92. The van der Waals surface area contributed by atoms with E-state index in [9.17, 15) is 4.79 Å². The summed E-state index contributed by atoms with van der Waals surface area (Å²) in [4.78, 5) is 12.8. The highest BCUT2D eigenvalue weighted by atomic mass is 79.9. The van der Waals surface area contributed by atoms with Gasteiger partial charge >= 0.3 is 5.69 Å². The molecule has 0 fully saturated rings. The maximum Gasteiger partial charge on any atom is 0.346 e. The fourth-order valence-corrected chi connectivity index (χ4v) is 0.786. The van der Waals surface area contributed by atoms with Gasteiger partial charge in [0.2, 0.25) is 0 Å². The minimum absolute atomic E-state index is 0.321. The van der Waals surface area contributed by atoms with Crippen molar-refractivity contribution in [2.75, 3.05) is 0 Å². The zero-order chi connectivity index (χ0) is 6.85. The van der Waals surface area contributed by atoms with Gasteiger partial charge in [0.15, 0.2) is 4.73 Å². The van der Waals surface area contributed by atoms with Crippen molar-refractivity contribution in [1.29, 1.82) is 0 Å². The summed E-state index contributed by atoms with van der Waals surface area (Å²) in [6.45, 7) is -0.402. The van der Waals surface area contributed by atoms with Crippen LogP contribution in [0, 0.1) is 0 Å². The number of aliphatic hydroxyl groups is 1. The van der Waals surface area contributed by atoms with Crippen LogP contribution in [0.3, 0.4) is 0 Å². The summed E-state index contributed by atoms with van der Waals surface area (Å²) >= 11 is 2.93. The molecule has 1 rings (SSSR count). The second-order valence-corrected chi connectivity index (χ2v) is 2.11. The van der Waals surface area contributed by atoms with Crippen LogP contribution >= 0.6 is 15.9 Å². The Morgan fingerprint density at radius 3 is 2.78 bits per heavy atom. The predicted octanol–water partition coefficient (Wildman–Crippen LogP) is -0.716. The molecular formula is C3H4BrN3O2. The van der Waals surface area contributed by atoms with Gasteiger partial charge in [-0.15, -0.1) is 5.10 Å². The second kappa shape index (κ2) is 2.32. The monoisotopic (exact) mass is 193 g/mol. The van der Waals surface area contributed by atoms with Crippen LogP contribution in [-0.4, -0.2) is 19.9 Å². The van der Waals surface area contributed by atoms with E-state index < -0.39 is 12.4 Å². The smallest absolute Gasteiger partial charge is 0.346 e. The van der Waals surface area contributed by atoms with Crippen molar-refractivity contribution >= 4 is 15.9 Å². The summed E-state index contributed by atoms with van der Waals surface area (Å²) in [5.41, 5.74) is -0.427. The van der Waals surface area contributed by atoms with Crippen LogP contribution in [-0.2, 0) is 6.73 Å². The summed E-state index contributed by atoms with van der Waals surface area (Å²) < 4.78 is 1.21. The van der Waals surface area contributed by atoms with Crippen molar-refractivity contribution in [1.82, 2.24) is 14.8 Å². The third-order valence-corrected chi connectivity index (χ3v) is 1.14. The molecule has 9 heavy (non-hydrogen) atoms. The molecule has 0 spiro atoms. The number of H-pyrrole nitrogens is 1. The molecule has 50 valence electrons. The van der Waals surface area contributed by atoms with E-state index in [1.54, 1.807) is 0 Å². The highest BCUT2D eigenvalue weighted by Gasteiger charge is 1.97. The van der Waals surface area contributed by atoms with Crippen LogP contribution in [0.5, 0.6) is 0 Å². The molecule has 0 radical (unpaired) electrons. The third-order valence-electron chi connectivity index (χ3n) is 0.787. The van der Waals surface area contributed by atoms with Crippen LogP contribution in [0.1, 0.15) is 0 Å². The van der Waals surface area contributed by atoms with Crippen molar-refractivity contribution in [2.24, 2.45) is 0 Å². The first-order chi connectivity index (χ1) is 4.24. The van der Waals surface area contributed by atoms with Crippen molar-refractivity contribution in [3.8, 4) is 0 Å². The number of aromatic nitrogens is 3. The third kappa shape index (κ3) is 1.19. The quantitative estimate of drug-likeness (QED) is 0.619. The van der Waals surface area contributed by atoms with Crippen molar-refractivity contribution < 1.29 is 5.11 Å².